The van der Waals surface area contributed by atoms with Crippen molar-refractivity contribution in [1.82, 2.24) is 4.98 Å². The Balaban J connectivity index is 1.32. The Morgan fingerprint density at radius 3 is 2.69 bits per heavy atom. The molecule has 3 aromatic rings. The highest BCUT2D eigenvalue weighted by Crippen LogP contribution is 2.32. The number of nitrogens with zero attached hydrogens (tertiary/aromatic N) is 2. The second kappa shape index (κ2) is 8.91. The maximum atomic E-state index is 13.4. The van der Waals surface area contributed by atoms with Crippen LogP contribution >= 0.6 is 11.3 Å². The number of fused-ring (bicyclic) bond motifs is 1. The largest absolute Gasteiger partial charge is 0.348 e. The number of aromatic nitrogens is 1. The molecule has 152 valence electrons. The summed E-state index contributed by atoms with van der Waals surface area (Å²) in [6, 6.07) is 12.9. The molecule has 0 saturated carbocycles. The Bertz CT molecular complexity index is 977. The fourth-order valence-corrected chi connectivity index (χ4v) is 4.78. The fraction of sp³-hybridized carbons (Fsp3) is 0.391. The van der Waals surface area contributed by atoms with Crippen molar-refractivity contribution in [3.63, 3.8) is 0 Å². The number of aryl methyl sites for hydroxylation is 1. The SMILES string of the molecule is CCCCc1ccc(NC(=O)C2CCN(c3nc4ccc(F)cc4s3)CC2)cc1. The van der Waals surface area contributed by atoms with Gasteiger partial charge in [0.05, 0.1) is 10.2 Å². The number of benzene rings is 2. The van der Waals surface area contributed by atoms with E-state index in [0.717, 1.165) is 53.4 Å². The number of thiazole rings is 1. The van der Waals surface area contributed by atoms with E-state index >= 15 is 0 Å². The molecule has 2 aromatic carbocycles. The van der Waals surface area contributed by atoms with Gasteiger partial charge in [-0.25, -0.2) is 9.37 Å². The lowest BCUT2D eigenvalue weighted by Crippen LogP contribution is -2.38. The van der Waals surface area contributed by atoms with E-state index in [1.54, 1.807) is 6.07 Å². The lowest BCUT2D eigenvalue weighted by Gasteiger charge is -2.31. The Morgan fingerprint density at radius 1 is 1.21 bits per heavy atom. The van der Waals surface area contributed by atoms with Crippen LogP contribution in [0.2, 0.25) is 0 Å². The van der Waals surface area contributed by atoms with E-state index in [2.05, 4.69) is 34.3 Å². The van der Waals surface area contributed by atoms with Crippen LogP contribution in [-0.2, 0) is 11.2 Å². The normalized spacial score (nSPS) is 15.0. The van der Waals surface area contributed by atoms with Crippen molar-refractivity contribution in [2.75, 3.05) is 23.3 Å². The molecule has 6 heteroatoms. The topological polar surface area (TPSA) is 45.2 Å². The molecule has 0 bridgehead atoms. The molecule has 1 saturated heterocycles. The second-order valence-electron chi connectivity index (χ2n) is 7.66. The number of piperidine rings is 1. The summed E-state index contributed by atoms with van der Waals surface area (Å²) in [6.07, 6.45) is 5.05. The molecule has 0 atom stereocenters. The summed E-state index contributed by atoms with van der Waals surface area (Å²) >= 11 is 1.51. The zero-order chi connectivity index (χ0) is 20.2. The van der Waals surface area contributed by atoms with Gasteiger partial charge >= 0.3 is 0 Å². The summed E-state index contributed by atoms with van der Waals surface area (Å²) in [4.78, 5) is 19.5. The number of anilines is 2. The monoisotopic (exact) mass is 411 g/mol. The highest BCUT2D eigenvalue weighted by Gasteiger charge is 2.26. The van der Waals surface area contributed by atoms with Crippen molar-refractivity contribution < 1.29 is 9.18 Å². The van der Waals surface area contributed by atoms with Gasteiger partial charge in [-0.05, 0) is 61.6 Å². The summed E-state index contributed by atoms with van der Waals surface area (Å²) in [5, 5.41) is 3.97. The number of hydrogen-bond acceptors (Lipinski definition) is 4. The van der Waals surface area contributed by atoms with Gasteiger partial charge in [0.15, 0.2) is 5.13 Å². The third-order valence-electron chi connectivity index (χ3n) is 5.52. The first kappa shape index (κ1) is 19.8. The lowest BCUT2D eigenvalue weighted by atomic mass is 9.96. The quantitative estimate of drug-likeness (QED) is 0.571. The molecule has 1 aromatic heterocycles. The van der Waals surface area contributed by atoms with E-state index in [0.29, 0.717) is 0 Å². The van der Waals surface area contributed by atoms with Crippen molar-refractivity contribution in [2.24, 2.45) is 5.92 Å². The van der Waals surface area contributed by atoms with Crippen LogP contribution in [0, 0.1) is 11.7 Å². The molecule has 1 N–H and O–H groups in total. The van der Waals surface area contributed by atoms with Gasteiger partial charge in [-0.1, -0.05) is 36.8 Å². The molecule has 0 spiro atoms. The lowest BCUT2D eigenvalue weighted by molar-refractivity contribution is -0.120. The van der Waals surface area contributed by atoms with Gasteiger partial charge in [-0.15, -0.1) is 0 Å². The summed E-state index contributed by atoms with van der Waals surface area (Å²) in [6.45, 7) is 3.77. The summed E-state index contributed by atoms with van der Waals surface area (Å²) in [5.74, 6) is -0.128. The molecule has 0 unspecified atom stereocenters. The molecule has 2 heterocycles. The van der Waals surface area contributed by atoms with Crippen LogP contribution in [0.1, 0.15) is 38.2 Å². The first-order valence-electron chi connectivity index (χ1n) is 10.3. The standard InChI is InChI=1S/C23H26FN3OS/c1-2-3-4-16-5-8-19(9-6-16)25-22(28)17-11-13-27(14-12-17)23-26-20-10-7-18(24)15-21(20)29-23/h5-10,15,17H,2-4,11-14H2,1H3,(H,25,28). The van der Waals surface area contributed by atoms with Crippen LogP contribution in [0.3, 0.4) is 0 Å². The van der Waals surface area contributed by atoms with Crippen molar-refractivity contribution in [2.45, 2.75) is 39.0 Å². The molecule has 0 aliphatic carbocycles. The molecule has 4 rings (SSSR count). The van der Waals surface area contributed by atoms with Crippen LogP contribution in [0.15, 0.2) is 42.5 Å². The van der Waals surface area contributed by atoms with E-state index in [4.69, 9.17) is 0 Å². The molecular formula is C23H26FN3OS. The molecule has 1 amide bonds. The number of nitrogens with one attached hydrogen (secondary N) is 1. The summed E-state index contributed by atoms with van der Waals surface area (Å²) in [5.41, 5.74) is 3.01. The van der Waals surface area contributed by atoms with Crippen molar-refractivity contribution in [3.8, 4) is 0 Å². The number of carbonyl (C=O) groups is 1. The number of amides is 1. The Morgan fingerprint density at radius 2 is 1.97 bits per heavy atom. The van der Waals surface area contributed by atoms with Crippen molar-refractivity contribution >= 4 is 38.3 Å². The van der Waals surface area contributed by atoms with E-state index in [1.165, 1.54) is 41.9 Å². The predicted molar refractivity (Wildman–Crippen MR) is 118 cm³/mol. The smallest absolute Gasteiger partial charge is 0.227 e. The second-order valence-corrected chi connectivity index (χ2v) is 8.67. The Hall–Kier alpha value is -2.47. The van der Waals surface area contributed by atoms with Crippen molar-refractivity contribution in [3.05, 3.63) is 53.8 Å². The van der Waals surface area contributed by atoms with Gasteiger partial charge in [0, 0.05) is 24.7 Å². The van der Waals surface area contributed by atoms with Crippen LogP contribution in [0.5, 0.6) is 0 Å². The van der Waals surface area contributed by atoms with Crippen LogP contribution in [0.25, 0.3) is 10.2 Å². The van der Waals surface area contributed by atoms with Gasteiger partial charge in [-0.2, -0.15) is 0 Å². The van der Waals surface area contributed by atoms with Gasteiger partial charge in [-0.3, -0.25) is 4.79 Å². The summed E-state index contributed by atoms with van der Waals surface area (Å²) in [7, 11) is 0. The van der Waals surface area contributed by atoms with Crippen LogP contribution in [0.4, 0.5) is 15.2 Å². The number of unbranched alkanes of at least 4 members (excludes halogenated alkanes) is 1. The number of hydrogen-bond donors (Lipinski definition) is 1. The van der Waals surface area contributed by atoms with Gasteiger partial charge < -0.3 is 10.2 Å². The molecule has 0 radical (unpaired) electrons. The molecule has 4 nitrogen and oxygen atoms in total. The third-order valence-corrected chi connectivity index (χ3v) is 6.59. The maximum Gasteiger partial charge on any atom is 0.227 e. The van der Waals surface area contributed by atoms with Crippen LogP contribution < -0.4 is 10.2 Å². The number of rotatable bonds is 6. The minimum Gasteiger partial charge on any atom is -0.348 e. The van der Waals surface area contributed by atoms with E-state index in [-0.39, 0.29) is 17.6 Å². The number of halogens is 1. The maximum absolute atomic E-state index is 13.4. The van der Waals surface area contributed by atoms with Gasteiger partial charge in [0.25, 0.3) is 0 Å². The highest BCUT2D eigenvalue weighted by atomic mass is 32.1. The van der Waals surface area contributed by atoms with Crippen LogP contribution in [-0.4, -0.2) is 24.0 Å². The zero-order valence-corrected chi connectivity index (χ0v) is 17.5. The predicted octanol–water partition coefficient (Wildman–Crippen LogP) is 5.63. The Kier molecular flexibility index (Phi) is 6.09. The zero-order valence-electron chi connectivity index (χ0n) is 16.7. The average molecular weight is 412 g/mol. The molecule has 29 heavy (non-hydrogen) atoms. The van der Waals surface area contributed by atoms with E-state index in [1.807, 2.05) is 12.1 Å². The van der Waals surface area contributed by atoms with Crippen molar-refractivity contribution in [1.29, 1.82) is 0 Å². The Labute approximate surface area is 174 Å². The molecule has 1 aliphatic rings. The fourth-order valence-electron chi connectivity index (χ4n) is 3.73. The first-order valence-corrected chi connectivity index (χ1v) is 11.1. The van der Waals surface area contributed by atoms with E-state index < -0.39 is 0 Å². The van der Waals surface area contributed by atoms with Gasteiger partial charge in [0.1, 0.15) is 5.82 Å². The third kappa shape index (κ3) is 4.75. The summed E-state index contributed by atoms with van der Waals surface area (Å²) < 4.78 is 14.3. The molecular weight excluding hydrogens is 385 g/mol. The molecule has 1 fully saturated rings. The average Bonchev–Trinajstić information content (AvgIpc) is 3.16. The molecule has 1 aliphatic heterocycles. The minimum absolute atomic E-state index is 0.0119. The highest BCUT2D eigenvalue weighted by molar-refractivity contribution is 7.22. The van der Waals surface area contributed by atoms with E-state index in [9.17, 15) is 9.18 Å². The number of carbonyl (C=O) groups excluding carboxylic acids is 1. The first-order chi connectivity index (χ1) is 14.1. The minimum atomic E-state index is -0.235. The van der Waals surface area contributed by atoms with Gasteiger partial charge in [0.2, 0.25) is 5.91 Å².